The molecule has 1 aliphatic carbocycles. The molecule has 0 spiro atoms. The molecule has 0 aromatic heterocycles. The van der Waals surface area contributed by atoms with Crippen LogP contribution in [0.4, 0.5) is 0 Å². The van der Waals surface area contributed by atoms with Gasteiger partial charge in [0, 0.05) is 12.3 Å². The van der Waals surface area contributed by atoms with Crippen molar-refractivity contribution in [1.82, 2.24) is 5.32 Å². The minimum absolute atomic E-state index is 1.05. The molecule has 0 heterocycles. The van der Waals surface area contributed by atoms with E-state index in [9.17, 15) is 0 Å². The van der Waals surface area contributed by atoms with Gasteiger partial charge in [-0.05, 0) is 31.1 Å². The summed E-state index contributed by atoms with van der Waals surface area (Å²) in [6.45, 7) is 4.47. The second-order valence-electron chi connectivity index (χ2n) is 3.58. The molecule has 0 radical (unpaired) electrons. The highest BCUT2D eigenvalue weighted by Crippen LogP contribution is 2.27. The second-order valence-corrected chi connectivity index (χ2v) is 4.73. The minimum atomic E-state index is 1.05. The standard InChI is InChI=1S/C10H21NS/c1-2-11-7-8-12-9-10-5-3-4-6-10/h10-11H,2-9H2,1H3. The molecule has 1 nitrogen and oxygen atoms in total. The van der Waals surface area contributed by atoms with Crippen LogP contribution in [-0.4, -0.2) is 24.6 Å². The number of thioether (sulfide) groups is 1. The molecule has 0 aliphatic heterocycles. The van der Waals surface area contributed by atoms with E-state index in [2.05, 4.69) is 24.0 Å². The molecule has 12 heavy (non-hydrogen) atoms. The third-order valence-electron chi connectivity index (χ3n) is 2.50. The molecule has 0 aromatic carbocycles. The first-order valence-corrected chi connectivity index (χ1v) is 6.37. The van der Waals surface area contributed by atoms with Gasteiger partial charge in [-0.3, -0.25) is 0 Å². The fourth-order valence-corrected chi connectivity index (χ4v) is 2.87. The zero-order valence-electron chi connectivity index (χ0n) is 8.14. The Labute approximate surface area is 80.7 Å². The largest absolute Gasteiger partial charge is 0.316 e. The summed E-state index contributed by atoms with van der Waals surface area (Å²) in [6, 6.07) is 0. The fraction of sp³-hybridized carbons (Fsp3) is 1.00. The summed E-state index contributed by atoms with van der Waals surface area (Å²) in [4.78, 5) is 0. The molecule has 0 unspecified atom stereocenters. The molecule has 0 saturated heterocycles. The summed E-state index contributed by atoms with van der Waals surface area (Å²) >= 11 is 2.13. The molecule has 2 heteroatoms. The number of rotatable bonds is 6. The van der Waals surface area contributed by atoms with Crippen LogP contribution in [0.3, 0.4) is 0 Å². The van der Waals surface area contributed by atoms with Crippen LogP contribution in [0, 0.1) is 5.92 Å². The lowest BCUT2D eigenvalue weighted by Crippen LogP contribution is -2.16. The highest BCUT2D eigenvalue weighted by molar-refractivity contribution is 7.99. The topological polar surface area (TPSA) is 12.0 Å². The Morgan fingerprint density at radius 2 is 2.08 bits per heavy atom. The Hall–Kier alpha value is 0.310. The van der Waals surface area contributed by atoms with Crippen LogP contribution in [0.15, 0.2) is 0 Å². The van der Waals surface area contributed by atoms with Gasteiger partial charge in [0.25, 0.3) is 0 Å². The number of nitrogens with one attached hydrogen (secondary N) is 1. The van der Waals surface area contributed by atoms with E-state index in [1.807, 2.05) is 0 Å². The van der Waals surface area contributed by atoms with E-state index < -0.39 is 0 Å². The Kier molecular flexibility index (Phi) is 5.88. The van der Waals surface area contributed by atoms with Crippen LogP contribution >= 0.6 is 11.8 Å². The van der Waals surface area contributed by atoms with Crippen molar-refractivity contribution in [2.24, 2.45) is 5.92 Å². The lowest BCUT2D eigenvalue weighted by atomic mass is 10.1. The van der Waals surface area contributed by atoms with Crippen LogP contribution in [-0.2, 0) is 0 Å². The molecule has 1 saturated carbocycles. The maximum absolute atomic E-state index is 3.35. The molecule has 0 amide bonds. The van der Waals surface area contributed by atoms with Gasteiger partial charge in [-0.1, -0.05) is 19.8 Å². The normalized spacial score (nSPS) is 18.8. The van der Waals surface area contributed by atoms with E-state index in [0.29, 0.717) is 0 Å². The summed E-state index contributed by atoms with van der Waals surface area (Å²) in [5, 5.41) is 3.35. The van der Waals surface area contributed by atoms with Gasteiger partial charge in [0.15, 0.2) is 0 Å². The van der Waals surface area contributed by atoms with Gasteiger partial charge in [-0.2, -0.15) is 11.8 Å². The van der Waals surface area contributed by atoms with Gasteiger partial charge in [-0.25, -0.2) is 0 Å². The van der Waals surface area contributed by atoms with E-state index in [-0.39, 0.29) is 0 Å². The van der Waals surface area contributed by atoms with Crippen LogP contribution in [0.25, 0.3) is 0 Å². The number of hydrogen-bond donors (Lipinski definition) is 1. The van der Waals surface area contributed by atoms with Crippen molar-refractivity contribution in [2.75, 3.05) is 24.6 Å². The average Bonchev–Trinajstić information content (AvgIpc) is 2.57. The zero-order valence-corrected chi connectivity index (χ0v) is 8.96. The average molecular weight is 187 g/mol. The van der Waals surface area contributed by atoms with Gasteiger partial charge >= 0.3 is 0 Å². The SMILES string of the molecule is CCNCCSCC1CCCC1. The molecular weight excluding hydrogens is 166 g/mol. The highest BCUT2D eigenvalue weighted by atomic mass is 32.2. The van der Waals surface area contributed by atoms with E-state index in [0.717, 1.165) is 12.5 Å². The predicted octanol–water partition coefficient (Wildman–Crippen LogP) is 2.52. The first-order valence-electron chi connectivity index (χ1n) is 5.22. The molecule has 1 N–H and O–H groups in total. The third-order valence-corrected chi connectivity index (χ3v) is 3.70. The second kappa shape index (κ2) is 6.79. The van der Waals surface area contributed by atoms with E-state index in [1.165, 1.54) is 43.7 Å². The van der Waals surface area contributed by atoms with E-state index >= 15 is 0 Å². The van der Waals surface area contributed by atoms with Crippen molar-refractivity contribution in [3.05, 3.63) is 0 Å². The smallest absolute Gasteiger partial charge is 0.00582 e. The Morgan fingerprint density at radius 1 is 1.33 bits per heavy atom. The minimum Gasteiger partial charge on any atom is -0.316 e. The summed E-state index contributed by atoms with van der Waals surface area (Å²) in [7, 11) is 0. The molecule has 1 rings (SSSR count). The fourth-order valence-electron chi connectivity index (χ4n) is 1.75. The lowest BCUT2D eigenvalue weighted by molar-refractivity contribution is 0.622. The first-order chi connectivity index (χ1) is 5.93. The van der Waals surface area contributed by atoms with Gasteiger partial charge < -0.3 is 5.32 Å². The molecule has 72 valence electrons. The molecule has 1 aliphatic rings. The van der Waals surface area contributed by atoms with Gasteiger partial charge in [-0.15, -0.1) is 0 Å². The molecule has 0 aromatic rings. The van der Waals surface area contributed by atoms with Gasteiger partial charge in [0.1, 0.15) is 0 Å². The van der Waals surface area contributed by atoms with Crippen molar-refractivity contribution in [3.63, 3.8) is 0 Å². The van der Waals surface area contributed by atoms with Crippen molar-refractivity contribution in [3.8, 4) is 0 Å². The Morgan fingerprint density at radius 3 is 2.75 bits per heavy atom. The Bertz CT molecular complexity index is 100. The zero-order chi connectivity index (χ0) is 8.65. The van der Waals surface area contributed by atoms with Crippen LogP contribution in [0.1, 0.15) is 32.6 Å². The van der Waals surface area contributed by atoms with Crippen molar-refractivity contribution >= 4 is 11.8 Å². The van der Waals surface area contributed by atoms with Crippen LogP contribution in [0.5, 0.6) is 0 Å². The van der Waals surface area contributed by atoms with Crippen LogP contribution in [0.2, 0.25) is 0 Å². The molecular formula is C10H21NS. The van der Waals surface area contributed by atoms with E-state index in [4.69, 9.17) is 0 Å². The molecule has 1 fully saturated rings. The molecule has 0 atom stereocenters. The van der Waals surface area contributed by atoms with Crippen LogP contribution < -0.4 is 5.32 Å². The summed E-state index contributed by atoms with van der Waals surface area (Å²) < 4.78 is 0. The van der Waals surface area contributed by atoms with Crippen molar-refractivity contribution in [1.29, 1.82) is 0 Å². The van der Waals surface area contributed by atoms with Gasteiger partial charge in [0.05, 0.1) is 0 Å². The summed E-state index contributed by atoms with van der Waals surface area (Å²) in [6.07, 6.45) is 5.96. The maximum Gasteiger partial charge on any atom is 0.00582 e. The molecule has 0 bridgehead atoms. The monoisotopic (exact) mass is 187 g/mol. The first kappa shape index (κ1) is 10.4. The van der Waals surface area contributed by atoms with Crippen molar-refractivity contribution in [2.45, 2.75) is 32.6 Å². The highest BCUT2D eigenvalue weighted by Gasteiger charge is 2.13. The number of hydrogen-bond acceptors (Lipinski definition) is 2. The Balaban J connectivity index is 1.81. The summed E-state index contributed by atoms with van der Waals surface area (Å²) in [5.41, 5.74) is 0. The lowest BCUT2D eigenvalue weighted by Gasteiger charge is -2.07. The van der Waals surface area contributed by atoms with E-state index in [1.54, 1.807) is 0 Å². The van der Waals surface area contributed by atoms with Gasteiger partial charge in [0.2, 0.25) is 0 Å². The predicted molar refractivity (Wildman–Crippen MR) is 57.8 cm³/mol. The summed E-state index contributed by atoms with van der Waals surface area (Å²) in [5.74, 6) is 3.76. The van der Waals surface area contributed by atoms with Crippen molar-refractivity contribution < 1.29 is 0 Å². The maximum atomic E-state index is 3.35. The quantitative estimate of drug-likeness (QED) is 0.641. The third kappa shape index (κ3) is 4.36.